The maximum atomic E-state index is 4.71. The third-order valence-corrected chi connectivity index (χ3v) is 4.71. The lowest BCUT2D eigenvalue weighted by Gasteiger charge is -2.15. The number of para-hydroxylation sites is 2. The summed E-state index contributed by atoms with van der Waals surface area (Å²) in [5.41, 5.74) is 8.53. The van der Waals surface area contributed by atoms with E-state index in [0.717, 1.165) is 16.9 Å². The normalized spacial score (nSPS) is 11.1. The number of imidazole rings is 1. The van der Waals surface area contributed by atoms with Gasteiger partial charge in [-0.15, -0.1) is 0 Å². The first-order valence-corrected chi connectivity index (χ1v) is 8.27. The van der Waals surface area contributed by atoms with Gasteiger partial charge in [0.25, 0.3) is 0 Å². The van der Waals surface area contributed by atoms with E-state index >= 15 is 0 Å². The van der Waals surface area contributed by atoms with Crippen LogP contribution in [0, 0.1) is 20.8 Å². The molecule has 0 radical (unpaired) electrons. The van der Waals surface area contributed by atoms with Crippen LogP contribution in [0.2, 0.25) is 0 Å². The molecule has 118 valence electrons. The summed E-state index contributed by atoms with van der Waals surface area (Å²) >= 11 is 0. The minimum Gasteiger partial charge on any atom is -0.296 e. The van der Waals surface area contributed by atoms with Gasteiger partial charge in [0.15, 0.2) is 0 Å². The van der Waals surface area contributed by atoms with Crippen LogP contribution < -0.4 is 0 Å². The summed E-state index contributed by atoms with van der Waals surface area (Å²) in [7, 11) is 0. The summed E-state index contributed by atoms with van der Waals surface area (Å²) in [6.07, 6.45) is 0. The second-order valence-corrected chi connectivity index (χ2v) is 6.25. The summed E-state index contributed by atoms with van der Waals surface area (Å²) in [5, 5.41) is 0. The van der Waals surface area contributed by atoms with E-state index in [0.29, 0.717) is 0 Å². The first-order valence-electron chi connectivity index (χ1n) is 8.27. The molecule has 3 aromatic carbocycles. The predicted octanol–water partition coefficient (Wildman–Crippen LogP) is 5.62. The maximum Gasteiger partial charge on any atom is 0.111 e. The number of rotatable bonds is 2. The zero-order valence-electron chi connectivity index (χ0n) is 14.2. The molecular weight excluding hydrogens is 292 g/mol. The second kappa shape index (κ2) is 5.64. The molecule has 0 fully saturated rings. The van der Waals surface area contributed by atoms with Crippen molar-refractivity contribution in [1.82, 2.24) is 9.55 Å². The molecule has 1 heterocycles. The Labute approximate surface area is 142 Å². The van der Waals surface area contributed by atoms with Gasteiger partial charge in [-0.2, -0.15) is 0 Å². The highest BCUT2D eigenvalue weighted by atomic mass is 15.1. The zero-order valence-corrected chi connectivity index (χ0v) is 14.2. The lowest BCUT2D eigenvalue weighted by molar-refractivity contribution is 0.991. The van der Waals surface area contributed by atoms with Gasteiger partial charge in [0.05, 0.1) is 16.7 Å². The van der Waals surface area contributed by atoms with Crippen LogP contribution >= 0.6 is 0 Å². The van der Waals surface area contributed by atoms with Crippen molar-refractivity contribution in [3.63, 3.8) is 0 Å². The molecule has 0 aliphatic carbocycles. The maximum absolute atomic E-state index is 4.71. The largest absolute Gasteiger partial charge is 0.296 e. The minimum atomic E-state index is 1.02. The Morgan fingerprint density at radius 2 is 1.42 bits per heavy atom. The van der Waals surface area contributed by atoms with E-state index in [-0.39, 0.29) is 0 Å². The molecule has 0 saturated carbocycles. The van der Waals surface area contributed by atoms with Gasteiger partial charge < -0.3 is 0 Å². The number of fused-ring (bicyclic) bond motifs is 1. The van der Waals surface area contributed by atoms with Crippen LogP contribution in [0.1, 0.15) is 17.0 Å². The molecule has 24 heavy (non-hydrogen) atoms. The van der Waals surface area contributed by atoms with E-state index in [4.69, 9.17) is 4.98 Å². The van der Waals surface area contributed by atoms with Crippen LogP contribution in [0.4, 0.5) is 0 Å². The van der Waals surface area contributed by atoms with Gasteiger partial charge >= 0.3 is 0 Å². The van der Waals surface area contributed by atoms with Crippen LogP contribution in [-0.2, 0) is 0 Å². The molecule has 0 aliphatic heterocycles. The van der Waals surface area contributed by atoms with E-state index in [1.54, 1.807) is 0 Å². The fourth-order valence-electron chi connectivity index (χ4n) is 3.48. The van der Waals surface area contributed by atoms with E-state index in [9.17, 15) is 0 Å². The predicted molar refractivity (Wildman–Crippen MR) is 101 cm³/mol. The standard InChI is InChI=1S/C22H20N2/c1-15-9-4-5-10-18(15)19-11-8-14-21(16(19)2)24-17(3)23-20-12-6-7-13-22(20)24/h4-14H,1-3H3. The van der Waals surface area contributed by atoms with Crippen LogP contribution in [-0.4, -0.2) is 9.55 Å². The molecule has 0 saturated heterocycles. The quantitative estimate of drug-likeness (QED) is 0.470. The first kappa shape index (κ1) is 14.7. The van der Waals surface area contributed by atoms with Crippen LogP contribution in [0.3, 0.4) is 0 Å². The highest BCUT2D eigenvalue weighted by Gasteiger charge is 2.13. The van der Waals surface area contributed by atoms with Crippen molar-refractivity contribution in [3.8, 4) is 16.8 Å². The van der Waals surface area contributed by atoms with Crippen LogP contribution in [0.15, 0.2) is 66.7 Å². The molecule has 4 aromatic rings. The average molecular weight is 312 g/mol. The molecule has 0 unspecified atom stereocenters. The zero-order chi connectivity index (χ0) is 16.7. The van der Waals surface area contributed by atoms with Crippen molar-refractivity contribution in [2.24, 2.45) is 0 Å². The third kappa shape index (κ3) is 2.23. The number of aryl methyl sites for hydroxylation is 2. The lowest BCUT2D eigenvalue weighted by atomic mass is 9.95. The second-order valence-electron chi connectivity index (χ2n) is 6.25. The number of hydrogen-bond donors (Lipinski definition) is 0. The lowest BCUT2D eigenvalue weighted by Crippen LogP contribution is -2.01. The van der Waals surface area contributed by atoms with Gasteiger partial charge in [0.1, 0.15) is 5.82 Å². The number of aromatic nitrogens is 2. The molecule has 0 spiro atoms. The Hall–Kier alpha value is -2.87. The molecule has 2 heteroatoms. The Kier molecular flexibility index (Phi) is 3.46. The summed E-state index contributed by atoms with van der Waals surface area (Å²) in [6, 6.07) is 23.4. The molecule has 0 N–H and O–H groups in total. The number of hydrogen-bond acceptors (Lipinski definition) is 1. The highest BCUT2D eigenvalue weighted by Crippen LogP contribution is 2.32. The summed E-state index contributed by atoms with van der Waals surface area (Å²) in [5.74, 6) is 1.02. The molecule has 0 atom stereocenters. The summed E-state index contributed by atoms with van der Waals surface area (Å²) in [6.45, 7) is 6.44. The van der Waals surface area contributed by atoms with Gasteiger partial charge in [-0.25, -0.2) is 4.98 Å². The van der Waals surface area contributed by atoms with Crippen molar-refractivity contribution in [2.45, 2.75) is 20.8 Å². The highest BCUT2D eigenvalue weighted by molar-refractivity contribution is 5.80. The van der Waals surface area contributed by atoms with Gasteiger partial charge in [-0.05, 0) is 61.2 Å². The number of nitrogens with zero attached hydrogens (tertiary/aromatic N) is 2. The van der Waals surface area contributed by atoms with E-state index in [1.165, 1.54) is 27.9 Å². The van der Waals surface area contributed by atoms with Crippen molar-refractivity contribution >= 4 is 11.0 Å². The van der Waals surface area contributed by atoms with Crippen molar-refractivity contribution in [3.05, 3.63) is 83.7 Å². The molecular formula is C22H20N2. The Balaban J connectivity index is 1.99. The molecule has 1 aromatic heterocycles. The Morgan fingerprint density at radius 3 is 2.25 bits per heavy atom. The first-order chi connectivity index (χ1) is 11.7. The number of benzene rings is 3. The molecule has 2 nitrogen and oxygen atoms in total. The van der Waals surface area contributed by atoms with Crippen molar-refractivity contribution in [2.75, 3.05) is 0 Å². The summed E-state index contributed by atoms with van der Waals surface area (Å²) in [4.78, 5) is 4.71. The average Bonchev–Trinajstić information content (AvgIpc) is 2.92. The smallest absolute Gasteiger partial charge is 0.111 e. The van der Waals surface area contributed by atoms with Gasteiger partial charge in [0.2, 0.25) is 0 Å². The van der Waals surface area contributed by atoms with E-state index < -0.39 is 0 Å². The molecule has 4 rings (SSSR count). The molecule has 0 bridgehead atoms. The van der Waals surface area contributed by atoms with E-state index in [1.807, 2.05) is 6.07 Å². The molecule has 0 amide bonds. The SMILES string of the molecule is Cc1ccccc1-c1cccc(-n2c(C)nc3ccccc32)c1C. The fraction of sp³-hybridized carbons (Fsp3) is 0.136. The Bertz CT molecular complexity index is 1040. The van der Waals surface area contributed by atoms with Gasteiger partial charge in [0, 0.05) is 0 Å². The monoisotopic (exact) mass is 312 g/mol. The minimum absolute atomic E-state index is 1.02. The summed E-state index contributed by atoms with van der Waals surface area (Å²) < 4.78 is 2.26. The Morgan fingerprint density at radius 1 is 0.708 bits per heavy atom. The molecule has 0 aliphatic rings. The third-order valence-electron chi connectivity index (χ3n) is 4.71. The van der Waals surface area contributed by atoms with Gasteiger partial charge in [-0.3, -0.25) is 4.57 Å². The van der Waals surface area contributed by atoms with Crippen LogP contribution in [0.5, 0.6) is 0 Å². The van der Waals surface area contributed by atoms with E-state index in [2.05, 4.69) is 86.0 Å². The van der Waals surface area contributed by atoms with Crippen LogP contribution in [0.25, 0.3) is 27.8 Å². The van der Waals surface area contributed by atoms with Gasteiger partial charge in [-0.1, -0.05) is 48.5 Å². The van der Waals surface area contributed by atoms with Crippen molar-refractivity contribution < 1.29 is 0 Å². The topological polar surface area (TPSA) is 17.8 Å². The van der Waals surface area contributed by atoms with Crippen molar-refractivity contribution in [1.29, 1.82) is 0 Å². The fourth-order valence-corrected chi connectivity index (χ4v) is 3.48.